The molecular weight excluding hydrogens is 304 g/mol. The van der Waals surface area contributed by atoms with E-state index >= 15 is 0 Å². The molecule has 1 aliphatic heterocycles. The third-order valence-electron chi connectivity index (χ3n) is 5.27. The van der Waals surface area contributed by atoms with Gasteiger partial charge in [-0.2, -0.15) is 0 Å². The van der Waals surface area contributed by atoms with Crippen LogP contribution in [-0.4, -0.2) is 22.6 Å². The molecule has 1 heterocycles. The SMILES string of the molecule is CCc1cc(C)c2c(c1C)OC(C)C1(C=C(C)C(=O)C(O)=C1C)O2. The summed E-state index contributed by atoms with van der Waals surface area (Å²) in [5.41, 5.74) is 3.32. The number of hydrogen-bond acceptors (Lipinski definition) is 4. The minimum atomic E-state index is -0.958. The second kappa shape index (κ2) is 5.40. The number of carbonyl (C=O) groups excluding carboxylic acids is 1. The van der Waals surface area contributed by atoms with Gasteiger partial charge in [0, 0.05) is 11.1 Å². The summed E-state index contributed by atoms with van der Waals surface area (Å²) in [5.74, 6) is 0.857. The molecule has 24 heavy (non-hydrogen) atoms. The molecule has 0 bridgehead atoms. The summed E-state index contributed by atoms with van der Waals surface area (Å²) in [6.45, 7) is 11.5. The molecule has 0 saturated heterocycles. The molecule has 1 aromatic carbocycles. The van der Waals surface area contributed by atoms with E-state index in [0.29, 0.717) is 16.9 Å². The zero-order valence-electron chi connectivity index (χ0n) is 15.1. The van der Waals surface area contributed by atoms with Gasteiger partial charge in [-0.3, -0.25) is 4.79 Å². The maximum atomic E-state index is 12.0. The Hall–Kier alpha value is -2.23. The molecule has 1 N–H and O–H groups in total. The van der Waals surface area contributed by atoms with Crippen LogP contribution in [0.25, 0.3) is 0 Å². The first-order valence-corrected chi connectivity index (χ1v) is 8.36. The van der Waals surface area contributed by atoms with Crippen LogP contribution in [-0.2, 0) is 11.2 Å². The molecule has 2 aliphatic rings. The molecule has 0 amide bonds. The normalized spacial score (nSPS) is 26.0. The lowest BCUT2D eigenvalue weighted by atomic mass is 9.80. The van der Waals surface area contributed by atoms with E-state index in [9.17, 15) is 9.90 Å². The minimum absolute atomic E-state index is 0.242. The van der Waals surface area contributed by atoms with Gasteiger partial charge < -0.3 is 14.6 Å². The van der Waals surface area contributed by atoms with E-state index in [1.807, 2.05) is 20.8 Å². The largest absolute Gasteiger partial charge is 0.504 e. The highest BCUT2D eigenvalue weighted by Gasteiger charge is 2.49. The first-order chi connectivity index (χ1) is 11.2. The number of ether oxygens (including phenoxy) is 2. The highest BCUT2D eigenvalue weighted by atomic mass is 16.6. The highest BCUT2D eigenvalue weighted by molar-refractivity contribution is 6.08. The Labute approximate surface area is 142 Å². The predicted octanol–water partition coefficient (Wildman–Crippen LogP) is 4.13. The van der Waals surface area contributed by atoms with Gasteiger partial charge in [0.05, 0.1) is 0 Å². The van der Waals surface area contributed by atoms with Crippen molar-refractivity contribution in [3.63, 3.8) is 0 Å². The number of fused-ring (bicyclic) bond motifs is 1. The van der Waals surface area contributed by atoms with Crippen molar-refractivity contribution < 1.29 is 19.4 Å². The zero-order chi connectivity index (χ0) is 17.8. The molecule has 1 aliphatic carbocycles. The van der Waals surface area contributed by atoms with Crippen molar-refractivity contribution in [1.82, 2.24) is 0 Å². The van der Waals surface area contributed by atoms with E-state index in [2.05, 4.69) is 13.0 Å². The first-order valence-electron chi connectivity index (χ1n) is 8.36. The van der Waals surface area contributed by atoms with E-state index in [1.165, 1.54) is 5.56 Å². The molecule has 1 spiro atoms. The van der Waals surface area contributed by atoms with E-state index in [0.717, 1.165) is 23.3 Å². The first kappa shape index (κ1) is 16.6. The number of aryl methyl sites for hydroxylation is 2. The van der Waals surface area contributed by atoms with Crippen molar-refractivity contribution in [3.05, 3.63) is 45.7 Å². The van der Waals surface area contributed by atoms with Gasteiger partial charge in [-0.05, 0) is 63.8 Å². The van der Waals surface area contributed by atoms with Crippen LogP contribution in [0.2, 0.25) is 0 Å². The second-order valence-corrected chi connectivity index (χ2v) is 6.77. The number of carbonyl (C=O) groups is 1. The molecule has 2 unspecified atom stereocenters. The fourth-order valence-electron chi connectivity index (χ4n) is 3.65. The third kappa shape index (κ3) is 2.09. The van der Waals surface area contributed by atoms with Gasteiger partial charge in [-0.1, -0.05) is 13.0 Å². The lowest BCUT2D eigenvalue weighted by Crippen LogP contribution is -2.53. The Morgan fingerprint density at radius 2 is 1.88 bits per heavy atom. The molecule has 0 radical (unpaired) electrons. The van der Waals surface area contributed by atoms with Crippen LogP contribution in [0.15, 0.2) is 29.0 Å². The van der Waals surface area contributed by atoms with Crippen molar-refractivity contribution >= 4 is 5.78 Å². The fourth-order valence-corrected chi connectivity index (χ4v) is 3.65. The van der Waals surface area contributed by atoms with Crippen LogP contribution in [0.1, 0.15) is 44.4 Å². The van der Waals surface area contributed by atoms with Crippen LogP contribution in [0.5, 0.6) is 11.5 Å². The van der Waals surface area contributed by atoms with Crippen LogP contribution in [0, 0.1) is 13.8 Å². The van der Waals surface area contributed by atoms with Crippen LogP contribution >= 0.6 is 0 Å². The molecule has 4 heteroatoms. The maximum Gasteiger partial charge on any atom is 0.222 e. The highest BCUT2D eigenvalue weighted by Crippen LogP contribution is 2.48. The Morgan fingerprint density at radius 1 is 1.21 bits per heavy atom. The number of Topliss-reactive ketones (excluding diaryl/α,β-unsaturated/α-hetero) is 1. The molecule has 1 aromatic rings. The molecule has 3 rings (SSSR count). The summed E-state index contributed by atoms with van der Waals surface area (Å²) in [7, 11) is 0. The maximum absolute atomic E-state index is 12.0. The summed E-state index contributed by atoms with van der Waals surface area (Å²) >= 11 is 0. The molecular formula is C20H24O4. The topological polar surface area (TPSA) is 55.8 Å². The average molecular weight is 328 g/mol. The number of ketones is 1. The van der Waals surface area contributed by atoms with Crippen molar-refractivity contribution in [2.24, 2.45) is 0 Å². The van der Waals surface area contributed by atoms with Gasteiger partial charge in [0.15, 0.2) is 22.9 Å². The lowest BCUT2D eigenvalue weighted by Gasteiger charge is -2.44. The number of aliphatic hydroxyl groups is 1. The molecule has 0 aromatic heterocycles. The van der Waals surface area contributed by atoms with Crippen molar-refractivity contribution in [1.29, 1.82) is 0 Å². The van der Waals surface area contributed by atoms with E-state index in [1.54, 1.807) is 19.9 Å². The smallest absolute Gasteiger partial charge is 0.222 e. The van der Waals surface area contributed by atoms with Crippen molar-refractivity contribution in [3.8, 4) is 11.5 Å². The standard InChI is InChI=1S/C20H24O4/c1-7-15-8-10(2)18-19(12(15)4)23-14(6)20(24-18)9-11(3)16(21)17(22)13(20)5/h8-9,14,22H,7H2,1-6H3. The Morgan fingerprint density at radius 3 is 2.50 bits per heavy atom. The average Bonchev–Trinajstić information content (AvgIpc) is 2.56. The van der Waals surface area contributed by atoms with E-state index in [-0.39, 0.29) is 17.6 Å². The Balaban J connectivity index is 2.21. The summed E-state index contributed by atoms with van der Waals surface area (Å²) < 4.78 is 12.7. The molecule has 4 nitrogen and oxygen atoms in total. The third-order valence-corrected chi connectivity index (χ3v) is 5.27. The van der Waals surface area contributed by atoms with Crippen molar-refractivity contribution in [2.45, 2.75) is 59.7 Å². The quantitative estimate of drug-likeness (QED) is 0.842. The number of hydrogen-bond donors (Lipinski definition) is 1. The summed E-state index contributed by atoms with van der Waals surface area (Å²) in [6, 6.07) is 2.12. The summed E-state index contributed by atoms with van der Waals surface area (Å²) in [5, 5.41) is 10.3. The number of benzene rings is 1. The second-order valence-electron chi connectivity index (χ2n) is 6.77. The van der Waals surface area contributed by atoms with Crippen LogP contribution in [0.3, 0.4) is 0 Å². The minimum Gasteiger partial charge on any atom is -0.504 e. The number of aliphatic hydroxyl groups excluding tert-OH is 1. The molecule has 128 valence electrons. The number of rotatable bonds is 1. The van der Waals surface area contributed by atoms with Crippen molar-refractivity contribution in [2.75, 3.05) is 0 Å². The molecule has 0 fully saturated rings. The summed E-state index contributed by atoms with van der Waals surface area (Å²) in [6.07, 6.45) is 2.34. The molecule has 2 atom stereocenters. The monoisotopic (exact) mass is 328 g/mol. The van der Waals surface area contributed by atoms with Gasteiger partial charge >= 0.3 is 0 Å². The van der Waals surface area contributed by atoms with Gasteiger partial charge in [0.2, 0.25) is 5.78 Å². The van der Waals surface area contributed by atoms with Gasteiger partial charge in [0.25, 0.3) is 0 Å². The van der Waals surface area contributed by atoms with Gasteiger partial charge in [-0.25, -0.2) is 0 Å². The van der Waals surface area contributed by atoms with E-state index in [4.69, 9.17) is 9.47 Å². The Bertz CT molecular complexity index is 800. The Kier molecular flexibility index (Phi) is 3.74. The van der Waals surface area contributed by atoms with Gasteiger partial charge in [0.1, 0.15) is 6.10 Å². The van der Waals surface area contributed by atoms with Crippen LogP contribution < -0.4 is 9.47 Å². The van der Waals surface area contributed by atoms with E-state index < -0.39 is 5.60 Å². The number of allylic oxidation sites excluding steroid dienone is 1. The lowest BCUT2D eigenvalue weighted by molar-refractivity contribution is -0.115. The van der Waals surface area contributed by atoms with Gasteiger partial charge in [-0.15, -0.1) is 0 Å². The zero-order valence-corrected chi connectivity index (χ0v) is 15.1. The fraction of sp³-hybridized carbons (Fsp3) is 0.450. The predicted molar refractivity (Wildman–Crippen MR) is 92.8 cm³/mol. The van der Waals surface area contributed by atoms with Crippen LogP contribution in [0.4, 0.5) is 0 Å². The summed E-state index contributed by atoms with van der Waals surface area (Å²) in [4.78, 5) is 12.0. The molecule has 0 saturated carbocycles.